The van der Waals surface area contributed by atoms with Crippen LogP contribution >= 0.6 is 0 Å². The van der Waals surface area contributed by atoms with Crippen LogP contribution in [0.25, 0.3) is 0 Å². The highest BCUT2D eigenvalue weighted by Gasteiger charge is 2.20. The zero-order valence-electron chi connectivity index (χ0n) is 11.2. The lowest BCUT2D eigenvalue weighted by atomic mass is 9.93. The van der Waals surface area contributed by atoms with Crippen LogP contribution in [-0.2, 0) is 16.4 Å². The summed E-state index contributed by atoms with van der Waals surface area (Å²) in [6.45, 7) is 0. The molecule has 0 saturated heterocycles. The molecule has 1 unspecified atom stereocenters. The molecule has 3 N–H and O–H groups in total. The summed E-state index contributed by atoms with van der Waals surface area (Å²) < 4.78 is 35.8. The molecule has 0 spiro atoms. The number of nitrogens with one attached hydrogen (secondary N) is 1. The molecule has 0 aliphatic carbocycles. The van der Waals surface area contributed by atoms with Gasteiger partial charge in [-0.05, 0) is 48.2 Å². The minimum Gasteiger partial charge on any atom is -0.378 e. The van der Waals surface area contributed by atoms with Crippen molar-refractivity contribution in [1.29, 1.82) is 0 Å². The molecule has 21 heavy (non-hydrogen) atoms. The summed E-state index contributed by atoms with van der Waals surface area (Å²) in [5.41, 5.74) is 2.84. The van der Waals surface area contributed by atoms with Crippen molar-refractivity contribution in [3.05, 3.63) is 59.4 Å². The Balaban J connectivity index is 1.86. The van der Waals surface area contributed by atoms with E-state index in [0.29, 0.717) is 0 Å². The number of benzene rings is 2. The number of rotatable bonds is 2. The van der Waals surface area contributed by atoms with Gasteiger partial charge in [0.1, 0.15) is 5.82 Å². The highest BCUT2D eigenvalue weighted by Crippen LogP contribution is 2.33. The summed E-state index contributed by atoms with van der Waals surface area (Å²) in [5.74, 6) is -0.272. The van der Waals surface area contributed by atoms with Gasteiger partial charge in [0.05, 0.1) is 10.9 Å². The molecule has 0 fully saturated rings. The minimum absolute atomic E-state index is 0.0360. The number of halogens is 1. The van der Waals surface area contributed by atoms with Gasteiger partial charge in [-0.3, -0.25) is 0 Å². The molecule has 6 heteroatoms. The number of fused-ring (bicyclic) bond motifs is 1. The first-order valence-corrected chi connectivity index (χ1v) is 8.16. The maximum atomic E-state index is 13.3. The minimum atomic E-state index is -3.67. The molecule has 2 aromatic carbocycles. The molecule has 1 atom stereocenters. The van der Waals surface area contributed by atoms with Gasteiger partial charge in [-0.25, -0.2) is 17.9 Å². The summed E-state index contributed by atoms with van der Waals surface area (Å²) in [7, 11) is -3.67. The molecule has 4 nitrogen and oxygen atoms in total. The van der Waals surface area contributed by atoms with Gasteiger partial charge in [-0.15, -0.1) is 0 Å². The second-order valence-corrected chi connectivity index (χ2v) is 6.71. The highest BCUT2D eigenvalue weighted by atomic mass is 32.2. The topological polar surface area (TPSA) is 72.2 Å². The highest BCUT2D eigenvalue weighted by molar-refractivity contribution is 7.89. The molecule has 0 aromatic heterocycles. The Morgan fingerprint density at radius 3 is 2.52 bits per heavy atom. The predicted octanol–water partition coefficient (Wildman–Crippen LogP) is 2.57. The molecule has 0 radical (unpaired) electrons. The summed E-state index contributed by atoms with van der Waals surface area (Å²) in [6, 6.07) is 11.2. The Morgan fingerprint density at radius 2 is 1.86 bits per heavy atom. The molecule has 2 aromatic rings. The average molecular weight is 306 g/mol. The van der Waals surface area contributed by atoms with Crippen molar-refractivity contribution in [2.75, 3.05) is 5.32 Å². The van der Waals surface area contributed by atoms with Crippen molar-refractivity contribution < 1.29 is 12.8 Å². The molecule has 0 amide bonds. The Kier molecular flexibility index (Phi) is 3.43. The Labute approximate surface area is 122 Å². The van der Waals surface area contributed by atoms with Crippen LogP contribution < -0.4 is 10.5 Å². The van der Waals surface area contributed by atoms with E-state index in [1.54, 1.807) is 18.2 Å². The fourth-order valence-electron chi connectivity index (χ4n) is 2.60. The van der Waals surface area contributed by atoms with E-state index in [-0.39, 0.29) is 16.8 Å². The monoisotopic (exact) mass is 306 g/mol. The van der Waals surface area contributed by atoms with E-state index in [1.165, 1.54) is 24.3 Å². The molecule has 0 saturated carbocycles. The summed E-state index contributed by atoms with van der Waals surface area (Å²) in [5, 5.41) is 8.37. The van der Waals surface area contributed by atoms with Crippen molar-refractivity contribution in [2.45, 2.75) is 23.8 Å². The number of hydrogen-bond donors (Lipinski definition) is 2. The molecule has 1 aliphatic rings. The number of aryl methyl sites for hydroxylation is 1. The lowest BCUT2D eigenvalue weighted by molar-refractivity contribution is 0.597. The van der Waals surface area contributed by atoms with Crippen LogP contribution in [0, 0.1) is 5.82 Å². The molecule has 1 aliphatic heterocycles. The first-order chi connectivity index (χ1) is 9.93. The smallest absolute Gasteiger partial charge is 0.238 e. The van der Waals surface area contributed by atoms with Crippen molar-refractivity contribution >= 4 is 15.7 Å². The second-order valence-electron chi connectivity index (χ2n) is 5.15. The maximum Gasteiger partial charge on any atom is 0.238 e. The number of primary sulfonamides is 1. The van der Waals surface area contributed by atoms with Crippen LogP contribution in [0.15, 0.2) is 47.4 Å². The van der Waals surface area contributed by atoms with Crippen LogP contribution in [0.3, 0.4) is 0 Å². The van der Waals surface area contributed by atoms with E-state index in [2.05, 4.69) is 5.32 Å². The Hall–Kier alpha value is -1.92. The summed E-state index contributed by atoms with van der Waals surface area (Å²) in [4.78, 5) is 0.0912. The third-order valence-electron chi connectivity index (χ3n) is 3.71. The van der Waals surface area contributed by atoms with Gasteiger partial charge < -0.3 is 5.32 Å². The summed E-state index contributed by atoms with van der Waals surface area (Å²) >= 11 is 0. The number of anilines is 1. The Bertz CT molecular complexity index is 773. The van der Waals surface area contributed by atoms with E-state index in [0.717, 1.165) is 29.7 Å². The van der Waals surface area contributed by atoms with Gasteiger partial charge in [0.25, 0.3) is 0 Å². The van der Waals surface area contributed by atoms with Gasteiger partial charge in [0, 0.05) is 5.69 Å². The molecule has 0 bridgehead atoms. The lowest BCUT2D eigenvalue weighted by Crippen LogP contribution is -2.18. The fraction of sp³-hybridized carbons (Fsp3) is 0.200. The van der Waals surface area contributed by atoms with E-state index < -0.39 is 10.0 Å². The van der Waals surface area contributed by atoms with Crippen LogP contribution in [0.2, 0.25) is 0 Å². The van der Waals surface area contributed by atoms with Gasteiger partial charge in [0.15, 0.2) is 0 Å². The van der Waals surface area contributed by atoms with Crippen LogP contribution in [0.5, 0.6) is 0 Å². The fourth-order valence-corrected chi connectivity index (χ4v) is 3.12. The van der Waals surface area contributed by atoms with Crippen LogP contribution in [-0.4, -0.2) is 8.42 Å². The van der Waals surface area contributed by atoms with Crippen molar-refractivity contribution in [3.8, 4) is 0 Å². The third kappa shape index (κ3) is 2.91. The average Bonchev–Trinajstić information content (AvgIpc) is 2.45. The van der Waals surface area contributed by atoms with E-state index in [4.69, 9.17) is 5.14 Å². The van der Waals surface area contributed by atoms with Gasteiger partial charge in [-0.2, -0.15) is 0 Å². The molecular weight excluding hydrogens is 291 g/mol. The largest absolute Gasteiger partial charge is 0.378 e. The zero-order valence-corrected chi connectivity index (χ0v) is 12.0. The number of nitrogens with two attached hydrogens (primary N) is 1. The molecule has 1 heterocycles. The maximum absolute atomic E-state index is 13.3. The summed E-state index contributed by atoms with van der Waals surface area (Å²) in [6.07, 6.45) is 1.72. The molecule has 3 rings (SSSR count). The second kappa shape index (κ2) is 5.13. The van der Waals surface area contributed by atoms with Gasteiger partial charge in [0.2, 0.25) is 10.0 Å². The van der Waals surface area contributed by atoms with E-state index in [9.17, 15) is 12.8 Å². The predicted molar refractivity (Wildman–Crippen MR) is 78.9 cm³/mol. The van der Waals surface area contributed by atoms with E-state index in [1.807, 2.05) is 0 Å². The standard InChI is InChI=1S/C15H15FN2O2S/c16-12-5-1-11-4-8-14(18-15(11)9-12)10-2-6-13(7-3-10)21(17,19)20/h1-3,5-7,9,14,18H,4,8H2,(H2,17,19,20). The first-order valence-electron chi connectivity index (χ1n) is 6.61. The van der Waals surface area contributed by atoms with Crippen molar-refractivity contribution in [1.82, 2.24) is 0 Å². The number of hydrogen-bond acceptors (Lipinski definition) is 3. The zero-order chi connectivity index (χ0) is 15.0. The molecule has 110 valence electrons. The van der Waals surface area contributed by atoms with Gasteiger partial charge >= 0.3 is 0 Å². The lowest BCUT2D eigenvalue weighted by Gasteiger charge is -2.27. The van der Waals surface area contributed by atoms with Crippen LogP contribution in [0.4, 0.5) is 10.1 Å². The van der Waals surface area contributed by atoms with E-state index >= 15 is 0 Å². The number of sulfonamides is 1. The van der Waals surface area contributed by atoms with Gasteiger partial charge in [-0.1, -0.05) is 18.2 Å². The quantitative estimate of drug-likeness (QED) is 0.895. The Morgan fingerprint density at radius 1 is 1.14 bits per heavy atom. The first kappa shape index (κ1) is 14.0. The normalized spacial score (nSPS) is 17.9. The molecular formula is C15H15FN2O2S. The van der Waals surface area contributed by atoms with Crippen LogP contribution in [0.1, 0.15) is 23.6 Å². The van der Waals surface area contributed by atoms with Crippen molar-refractivity contribution in [2.24, 2.45) is 5.14 Å². The SMILES string of the molecule is NS(=O)(=O)c1ccc(C2CCc3ccc(F)cc3N2)cc1. The van der Waals surface area contributed by atoms with Crippen molar-refractivity contribution in [3.63, 3.8) is 0 Å². The third-order valence-corrected chi connectivity index (χ3v) is 4.64.